The van der Waals surface area contributed by atoms with Gasteiger partial charge < -0.3 is 14.6 Å². The SMILES string of the molecule is CCc1c(C)c2cc(O)c(O)cc2oc1=O. The summed E-state index contributed by atoms with van der Waals surface area (Å²) in [5.74, 6) is -0.509. The largest absolute Gasteiger partial charge is 0.504 e. The predicted octanol–water partition coefficient (Wildman–Crippen LogP) is 2.08. The summed E-state index contributed by atoms with van der Waals surface area (Å²) in [6.07, 6.45) is 0.575. The van der Waals surface area contributed by atoms with Crippen LogP contribution in [0.3, 0.4) is 0 Å². The molecule has 0 fully saturated rings. The van der Waals surface area contributed by atoms with E-state index in [1.807, 2.05) is 6.92 Å². The van der Waals surface area contributed by atoms with E-state index in [0.717, 1.165) is 5.56 Å². The van der Waals surface area contributed by atoms with Crippen molar-refractivity contribution in [2.75, 3.05) is 0 Å². The normalized spacial score (nSPS) is 10.9. The smallest absolute Gasteiger partial charge is 0.339 e. The van der Waals surface area contributed by atoms with E-state index in [1.54, 1.807) is 6.92 Å². The number of phenolic OH excluding ortho intramolecular Hbond substituents is 2. The van der Waals surface area contributed by atoms with Crippen LogP contribution in [-0.2, 0) is 6.42 Å². The first-order valence-corrected chi connectivity index (χ1v) is 5.02. The Hall–Kier alpha value is -1.97. The van der Waals surface area contributed by atoms with Gasteiger partial charge in [0.2, 0.25) is 0 Å². The molecule has 0 saturated heterocycles. The Labute approximate surface area is 91.8 Å². The second-order valence-corrected chi connectivity index (χ2v) is 3.68. The number of aryl methyl sites for hydroxylation is 1. The van der Waals surface area contributed by atoms with Crippen LogP contribution in [-0.4, -0.2) is 10.2 Å². The van der Waals surface area contributed by atoms with Crippen molar-refractivity contribution >= 4 is 11.0 Å². The van der Waals surface area contributed by atoms with Gasteiger partial charge in [0, 0.05) is 17.0 Å². The van der Waals surface area contributed by atoms with Crippen molar-refractivity contribution in [1.82, 2.24) is 0 Å². The van der Waals surface area contributed by atoms with Crippen molar-refractivity contribution in [2.45, 2.75) is 20.3 Å². The maximum atomic E-state index is 11.6. The van der Waals surface area contributed by atoms with Crippen LogP contribution in [0, 0.1) is 6.92 Å². The number of aromatic hydroxyl groups is 2. The monoisotopic (exact) mass is 220 g/mol. The van der Waals surface area contributed by atoms with Gasteiger partial charge in [0.1, 0.15) is 5.58 Å². The van der Waals surface area contributed by atoms with Crippen molar-refractivity contribution in [2.24, 2.45) is 0 Å². The molecule has 4 heteroatoms. The zero-order valence-corrected chi connectivity index (χ0v) is 9.07. The first-order chi connectivity index (χ1) is 7.54. The Morgan fingerprint density at radius 2 is 1.88 bits per heavy atom. The van der Waals surface area contributed by atoms with Gasteiger partial charge in [-0.2, -0.15) is 0 Å². The number of hydrogen-bond acceptors (Lipinski definition) is 4. The van der Waals surface area contributed by atoms with Crippen LogP contribution >= 0.6 is 0 Å². The molecule has 0 amide bonds. The summed E-state index contributed by atoms with van der Waals surface area (Å²) in [7, 11) is 0. The summed E-state index contributed by atoms with van der Waals surface area (Å²) in [4.78, 5) is 11.6. The molecular formula is C12H12O4. The molecular weight excluding hydrogens is 208 g/mol. The van der Waals surface area contributed by atoms with E-state index >= 15 is 0 Å². The fourth-order valence-corrected chi connectivity index (χ4v) is 1.82. The highest BCUT2D eigenvalue weighted by Crippen LogP contribution is 2.31. The Bertz CT molecular complexity index is 610. The van der Waals surface area contributed by atoms with Gasteiger partial charge in [0.05, 0.1) is 0 Å². The minimum atomic E-state index is -0.391. The van der Waals surface area contributed by atoms with Crippen LogP contribution in [0.1, 0.15) is 18.1 Å². The second-order valence-electron chi connectivity index (χ2n) is 3.68. The molecule has 0 aliphatic carbocycles. The number of rotatable bonds is 1. The standard InChI is InChI=1S/C12H12O4/c1-3-7-6(2)8-4-9(13)10(14)5-11(8)16-12(7)15/h4-5,13-14H,3H2,1-2H3. The van der Waals surface area contributed by atoms with Crippen molar-refractivity contribution in [1.29, 1.82) is 0 Å². The third kappa shape index (κ3) is 1.43. The van der Waals surface area contributed by atoms with Crippen molar-refractivity contribution in [3.8, 4) is 11.5 Å². The Morgan fingerprint density at radius 3 is 2.50 bits per heavy atom. The van der Waals surface area contributed by atoms with Crippen LogP contribution in [0.2, 0.25) is 0 Å². The molecule has 1 aromatic carbocycles. The lowest BCUT2D eigenvalue weighted by Crippen LogP contribution is -2.08. The summed E-state index contributed by atoms with van der Waals surface area (Å²) in [5, 5.41) is 19.4. The lowest BCUT2D eigenvalue weighted by Gasteiger charge is -2.06. The first kappa shape index (κ1) is 10.5. The van der Waals surface area contributed by atoms with Gasteiger partial charge in [-0.15, -0.1) is 0 Å². The Morgan fingerprint density at radius 1 is 1.25 bits per heavy atom. The zero-order chi connectivity index (χ0) is 11.9. The minimum Gasteiger partial charge on any atom is -0.504 e. The maximum Gasteiger partial charge on any atom is 0.339 e. The summed E-state index contributed by atoms with van der Waals surface area (Å²) >= 11 is 0. The van der Waals surface area contributed by atoms with Gasteiger partial charge in [-0.1, -0.05) is 6.92 Å². The number of hydrogen-bond donors (Lipinski definition) is 2. The number of phenols is 2. The fraction of sp³-hybridized carbons (Fsp3) is 0.250. The summed E-state index contributed by atoms with van der Waals surface area (Å²) in [6, 6.07) is 2.65. The fourth-order valence-electron chi connectivity index (χ4n) is 1.82. The predicted molar refractivity (Wildman–Crippen MR) is 59.9 cm³/mol. The van der Waals surface area contributed by atoms with E-state index in [2.05, 4.69) is 0 Å². The van der Waals surface area contributed by atoms with Gasteiger partial charge in [-0.3, -0.25) is 0 Å². The molecule has 84 valence electrons. The van der Waals surface area contributed by atoms with E-state index < -0.39 is 5.63 Å². The van der Waals surface area contributed by atoms with Gasteiger partial charge in [-0.05, 0) is 25.0 Å². The molecule has 4 nitrogen and oxygen atoms in total. The molecule has 0 radical (unpaired) electrons. The van der Waals surface area contributed by atoms with Crippen LogP contribution in [0.4, 0.5) is 0 Å². The number of fused-ring (bicyclic) bond motifs is 1. The average molecular weight is 220 g/mol. The van der Waals surface area contributed by atoms with Crippen LogP contribution < -0.4 is 5.63 Å². The molecule has 0 aliphatic rings. The third-order valence-electron chi connectivity index (χ3n) is 2.74. The highest BCUT2D eigenvalue weighted by atomic mass is 16.4. The van der Waals surface area contributed by atoms with E-state index in [9.17, 15) is 15.0 Å². The van der Waals surface area contributed by atoms with Crippen LogP contribution in [0.25, 0.3) is 11.0 Å². The molecule has 0 atom stereocenters. The molecule has 0 saturated carbocycles. The van der Waals surface area contributed by atoms with E-state index in [-0.39, 0.29) is 17.1 Å². The van der Waals surface area contributed by atoms with Gasteiger partial charge >= 0.3 is 5.63 Å². The lowest BCUT2D eigenvalue weighted by molar-refractivity contribution is 0.403. The topological polar surface area (TPSA) is 70.7 Å². The van der Waals surface area contributed by atoms with Crippen LogP contribution in [0.15, 0.2) is 21.3 Å². The third-order valence-corrected chi connectivity index (χ3v) is 2.74. The molecule has 0 spiro atoms. The summed E-state index contributed by atoms with van der Waals surface area (Å²) in [6.45, 7) is 3.67. The van der Waals surface area contributed by atoms with E-state index in [1.165, 1.54) is 12.1 Å². The number of benzene rings is 1. The van der Waals surface area contributed by atoms with E-state index in [4.69, 9.17) is 4.42 Å². The molecule has 0 unspecified atom stereocenters. The second kappa shape index (κ2) is 3.56. The highest BCUT2D eigenvalue weighted by Gasteiger charge is 2.12. The molecule has 16 heavy (non-hydrogen) atoms. The molecule has 2 rings (SSSR count). The quantitative estimate of drug-likeness (QED) is 0.570. The van der Waals surface area contributed by atoms with Gasteiger partial charge in [0.15, 0.2) is 11.5 Å². The average Bonchev–Trinajstić information content (AvgIpc) is 2.22. The Kier molecular flexibility index (Phi) is 2.34. The molecule has 0 bridgehead atoms. The molecule has 1 heterocycles. The minimum absolute atomic E-state index is 0.216. The van der Waals surface area contributed by atoms with Gasteiger partial charge in [-0.25, -0.2) is 4.79 Å². The zero-order valence-electron chi connectivity index (χ0n) is 9.07. The summed E-state index contributed by atoms with van der Waals surface area (Å²) < 4.78 is 5.07. The van der Waals surface area contributed by atoms with Crippen molar-refractivity contribution in [3.63, 3.8) is 0 Å². The van der Waals surface area contributed by atoms with Gasteiger partial charge in [0.25, 0.3) is 0 Å². The first-order valence-electron chi connectivity index (χ1n) is 5.02. The van der Waals surface area contributed by atoms with Crippen molar-refractivity contribution in [3.05, 3.63) is 33.7 Å². The molecule has 0 aliphatic heterocycles. The molecule has 1 aromatic heterocycles. The lowest BCUT2D eigenvalue weighted by atomic mass is 10.0. The van der Waals surface area contributed by atoms with E-state index in [0.29, 0.717) is 17.4 Å². The molecule has 2 N–H and O–H groups in total. The maximum absolute atomic E-state index is 11.6. The Balaban J connectivity index is 2.94. The molecule has 2 aromatic rings. The van der Waals surface area contributed by atoms with Crippen molar-refractivity contribution < 1.29 is 14.6 Å². The highest BCUT2D eigenvalue weighted by molar-refractivity contribution is 5.84. The summed E-state index contributed by atoms with van der Waals surface area (Å²) in [5.41, 5.74) is 1.27. The van der Waals surface area contributed by atoms with Crippen LogP contribution in [0.5, 0.6) is 11.5 Å².